The normalized spacial score (nSPS) is 21.3. The number of unbranched alkanes of at least 4 members (excludes halogenated alkanes) is 1. The van der Waals surface area contributed by atoms with E-state index in [4.69, 9.17) is 14.8 Å². The molecule has 3 amide bonds. The van der Waals surface area contributed by atoms with Gasteiger partial charge in [-0.15, -0.1) is 0 Å². The minimum Gasteiger partial charge on any atom is -0.481 e. The third kappa shape index (κ3) is 7.72. The molecule has 0 spiro atoms. The van der Waals surface area contributed by atoms with E-state index in [1.54, 1.807) is 15.9 Å². The van der Waals surface area contributed by atoms with Gasteiger partial charge in [-0.1, -0.05) is 57.5 Å². The molecule has 2 saturated heterocycles. The number of carboxylic acids is 1. The largest absolute Gasteiger partial charge is 0.481 e. The number of carbonyl (C=O) groups excluding carboxylic acids is 3. The average Bonchev–Trinajstić information content (AvgIpc) is 3.50. The second kappa shape index (κ2) is 14.3. The number of benzene rings is 1. The van der Waals surface area contributed by atoms with E-state index in [2.05, 4.69) is 15.2 Å². The molecule has 12 nitrogen and oxygen atoms in total. The number of aliphatic carboxylic acids is 1. The maximum atomic E-state index is 13.7. The van der Waals surface area contributed by atoms with Crippen molar-refractivity contribution in [2.75, 3.05) is 50.8 Å². The first-order valence-corrected chi connectivity index (χ1v) is 16.1. The molecule has 4 atom stereocenters. The summed E-state index contributed by atoms with van der Waals surface area (Å²) >= 11 is 0. The molecule has 0 bridgehead atoms. The van der Waals surface area contributed by atoms with Crippen molar-refractivity contribution in [3.8, 4) is 11.4 Å². The number of carboxylic acid groups (broad SMARTS) is 1. The SMILES string of the molecule is CCCCOC(=O)N1CCN(C(=O)[C@@H](NC(=O)c2cc(N3C[C@@H]4C(CCC(=O)O)[C@@H]4C3)nc(-c3ccccc3)n2)C(C)C)CC1. The molecule has 45 heavy (non-hydrogen) atoms. The Morgan fingerprint density at radius 3 is 2.29 bits per heavy atom. The van der Waals surface area contributed by atoms with Gasteiger partial charge in [-0.25, -0.2) is 14.8 Å². The first kappa shape index (κ1) is 32.2. The van der Waals surface area contributed by atoms with Crippen LogP contribution in [0.15, 0.2) is 36.4 Å². The maximum absolute atomic E-state index is 13.7. The topological polar surface area (TPSA) is 145 Å². The summed E-state index contributed by atoms with van der Waals surface area (Å²) in [5.74, 6) is 0.758. The number of nitrogens with zero attached hydrogens (tertiary/aromatic N) is 5. The third-order valence-electron chi connectivity index (χ3n) is 9.16. The Labute approximate surface area is 264 Å². The molecule has 0 radical (unpaired) electrons. The first-order valence-electron chi connectivity index (χ1n) is 16.1. The van der Waals surface area contributed by atoms with E-state index in [0.29, 0.717) is 68.6 Å². The number of fused-ring (bicyclic) bond motifs is 1. The lowest BCUT2D eigenvalue weighted by Crippen LogP contribution is -2.57. The second-order valence-electron chi connectivity index (χ2n) is 12.6. The summed E-state index contributed by atoms with van der Waals surface area (Å²) in [7, 11) is 0. The molecule has 1 unspecified atom stereocenters. The lowest BCUT2D eigenvalue weighted by atomic mass is 10.0. The molecular weight excluding hydrogens is 576 g/mol. The van der Waals surface area contributed by atoms with Crippen molar-refractivity contribution < 1.29 is 29.0 Å². The van der Waals surface area contributed by atoms with Gasteiger partial charge in [-0.3, -0.25) is 14.4 Å². The molecule has 2 aliphatic heterocycles. The standard InChI is InChI=1S/C33H44N6O6/c1-4-5-17-45-33(44)38-15-13-37(14-16-38)32(43)29(21(2)3)36-31(42)26-18-27(35-30(34-26)22-9-7-6-8-10-22)39-19-24-23(25(24)20-39)11-12-28(40)41/h6-10,18,21,23-25,29H,4-5,11-17,19-20H2,1-3H3,(H,36,42)(H,40,41)/t23?,24-,25+,29-/m0/s1. The van der Waals surface area contributed by atoms with Crippen LogP contribution in [0.3, 0.4) is 0 Å². The van der Waals surface area contributed by atoms with Crippen LogP contribution in [-0.4, -0.2) is 101 Å². The van der Waals surface area contributed by atoms with Gasteiger partial charge in [0.2, 0.25) is 5.91 Å². The van der Waals surface area contributed by atoms with Gasteiger partial charge < -0.3 is 29.9 Å². The minimum atomic E-state index is -0.770. The van der Waals surface area contributed by atoms with Gasteiger partial charge in [0.25, 0.3) is 5.91 Å². The summed E-state index contributed by atoms with van der Waals surface area (Å²) in [4.78, 5) is 65.6. The number of aromatic nitrogens is 2. The third-order valence-corrected chi connectivity index (χ3v) is 9.16. The Balaban J connectivity index is 1.27. The van der Waals surface area contributed by atoms with E-state index in [0.717, 1.165) is 31.5 Å². The van der Waals surface area contributed by atoms with Crippen molar-refractivity contribution in [1.82, 2.24) is 25.1 Å². The van der Waals surface area contributed by atoms with Gasteiger partial charge in [0.15, 0.2) is 5.82 Å². The summed E-state index contributed by atoms with van der Waals surface area (Å²) in [6, 6.07) is 10.4. The Morgan fingerprint density at radius 1 is 1.00 bits per heavy atom. The molecule has 1 saturated carbocycles. The van der Waals surface area contributed by atoms with Crippen molar-refractivity contribution in [2.45, 2.75) is 52.5 Å². The molecule has 3 fully saturated rings. The number of hydrogen-bond acceptors (Lipinski definition) is 8. The van der Waals surface area contributed by atoms with Crippen LogP contribution in [0.2, 0.25) is 0 Å². The number of ether oxygens (including phenoxy) is 1. The highest BCUT2D eigenvalue weighted by Gasteiger charge is 2.55. The van der Waals surface area contributed by atoms with Crippen LogP contribution in [0.5, 0.6) is 0 Å². The van der Waals surface area contributed by atoms with Crippen LogP contribution in [-0.2, 0) is 14.3 Å². The van der Waals surface area contributed by atoms with Crippen LogP contribution in [0, 0.1) is 23.7 Å². The zero-order valence-corrected chi connectivity index (χ0v) is 26.4. The highest BCUT2D eigenvalue weighted by Crippen LogP contribution is 2.54. The van der Waals surface area contributed by atoms with E-state index in [1.807, 2.05) is 51.1 Å². The van der Waals surface area contributed by atoms with Crippen molar-refractivity contribution in [3.63, 3.8) is 0 Å². The highest BCUT2D eigenvalue weighted by atomic mass is 16.6. The Morgan fingerprint density at radius 2 is 1.67 bits per heavy atom. The number of anilines is 1. The predicted molar refractivity (Wildman–Crippen MR) is 168 cm³/mol. The lowest BCUT2D eigenvalue weighted by Gasteiger charge is -2.36. The summed E-state index contributed by atoms with van der Waals surface area (Å²) in [6.07, 6.45) is 2.27. The fourth-order valence-electron chi connectivity index (χ4n) is 6.41. The fourth-order valence-corrected chi connectivity index (χ4v) is 6.41. The van der Waals surface area contributed by atoms with Crippen molar-refractivity contribution in [1.29, 1.82) is 0 Å². The zero-order valence-electron chi connectivity index (χ0n) is 26.4. The zero-order chi connectivity index (χ0) is 32.1. The number of amides is 3. The van der Waals surface area contributed by atoms with Gasteiger partial charge in [-0.2, -0.15) is 0 Å². The quantitative estimate of drug-likeness (QED) is 0.341. The van der Waals surface area contributed by atoms with E-state index in [9.17, 15) is 19.2 Å². The minimum absolute atomic E-state index is 0.179. The summed E-state index contributed by atoms with van der Waals surface area (Å²) in [6.45, 7) is 9.19. The van der Waals surface area contributed by atoms with E-state index >= 15 is 0 Å². The molecule has 3 heterocycles. The monoisotopic (exact) mass is 620 g/mol. The number of nitrogens with one attached hydrogen (secondary N) is 1. The van der Waals surface area contributed by atoms with Gasteiger partial charge in [0.1, 0.15) is 17.6 Å². The molecule has 3 aliphatic rings. The summed E-state index contributed by atoms with van der Waals surface area (Å²) in [5, 5.41) is 12.0. The van der Waals surface area contributed by atoms with Gasteiger partial charge in [-0.05, 0) is 36.5 Å². The van der Waals surface area contributed by atoms with Gasteiger partial charge in [0, 0.05) is 57.3 Å². The number of piperazine rings is 1. The molecule has 2 N–H and O–H groups in total. The number of hydrogen-bond donors (Lipinski definition) is 2. The molecule has 1 aliphatic carbocycles. The van der Waals surface area contributed by atoms with E-state index in [1.165, 1.54) is 0 Å². The van der Waals surface area contributed by atoms with Crippen LogP contribution >= 0.6 is 0 Å². The van der Waals surface area contributed by atoms with Crippen LogP contribution in [0.1, 0.15) is 56.9 Å². The number of piperidine rings is 1. The molecule has 2 aromatic rings. The van der Waals surface area contributed by atoms with E-state index < -0.39 is 17.9 Å². The maximum Gasteiger partial charge on any atom is 0.409 e. The van der Waals surface area contributed by atoms with Crippen molar-refractivity contribution >= 4 is 29.7 Å². The first-order chi connectivity index (χ1) is 21.7. The number of rotatable bonds is 12. The van der Waals surface area contributed by atoms with E-state index in [-0.39, 0.29) is 30.0 Å². The van der Waals surface area contributed by atoms with Crippen molar-refractivity contribution in [3.05, 3.63) is 42.1 Å². The Hall–Kier alpha value is -4.22. The Kier molecular flexibility index (Phi) is 10.2. The average molecular weight is 621 g/mol. The molecular formula is C33H44N6O6. The molecule has 1 aromatic carbocycles. The Bertz CT molecular complexity index is 1370. The van der Waals surface area contributed by atoms with Crippen molar-refractivity contribution in [2.24, 2.45) is 23.7 Å². The fraction of sp³-hybridized carbons (Fsp3) is 0.576. The summed E-state index contributed by atoms with van der Waals surface area (Å²) < 4.78 is 5.32. The molecule has 1 aromatic heterocycles. The molecule has 12 heteroatoms. The predicted octanol–water partition coefficient (Wildman–Crippen LogP) is 3.53. The van der Waals surface area contributed by atoms with Crippen LogP contribution < -0.4 is 10.2 Å². The summed E-state index contributed by atoms with van der Waals surface area (Å²) in [5.41, 5.74) is 0.958. The molecule has 5 rings (SSSR count). The lowest BCUT2D eigenvalue weighted by molar-refractivity contribution is -0.137. The molecule has 242 valence electrons. The van der Waals surface area contributed by atoms with Gasteiger partial charge in [0.05, 0.1) is 6.61 Å². The van der Waals surface area contributed by atoms with Crippen LogP contribution in [0.25, 0.3) is 11.4 Å². The van der Waals surface area contributed by atoms with Gasteiger partial charge >= 0.3 is 12.1 Å². The highest BCUT2D eigenvalue weighted by molar-refractivity contribution is 5.97. The second-order valence-corrected chi connectivity index (χ2v) is 12.6. The number of carbonyl (C=O) groups is 4. The van der Waals surface area contributed by atoms with Crippen LogP contribution in [0.4, 0.5) is 10.6 Å². The smallest absolute Gasteiger partial charge is 0.409 e.